The number of hydrogen-bond donors (Lipinski definition) is 1. The molecule has 2 saturated heterocycles. The van der Waals surface area contributed by atoms with Crippen molar-refractivity contribution >= 4 is 17.6 Å². The topological polar surface area (TPSA) is 79.7 Å². The number of ether oxygens (including phenoxy) is 1. The lowest BCUT2D eigenvalue weighted by Gasteiger charge is -2.43. The second-order valence-electron chi connectivity index (χ2n) is 8.94. The van der Waals surface area contributed by atoms with E-state index in [1.807, 2.05) is 16.6 Å². The minimum atomic E-state index is -0.451. The molecule has 1 spiro atoms. The van der Waals surface area contributed by atoms with Crippen molar-refractivity contribution in [3.8, 4) is 0 Å². The van der Waals surface area contributed by atoms with Crippen LogP contribution < -0.4 is 5.32 Å². The number of anilines is 1. The van der Waals surface area contributed by atoms with E-state index in [1.165, 1.54) is 6.07 Å². The van der Waals surface area contributed by atoms with Crippen LogP contribution in [0.25, 0.3) is 0 Å². The molecule has 0 radical (unpaired) electrons. The molecule has 1 aromatic heterocycles. The van der Waals surface area contributed by atoms with Crippen molar-refractivity contribution in [3.05, 3.63) is 47.0 Å². The third-order valence-corrected chi connectivity index (χ3v) is 6.96. The highest BCUT2D eigenvalue weighted by Crippen LogP contribution is 2.37. The molecular weight excluding hydrogens is 413 g/mol. The van der Waals surface area contributed by atoms with E-state index < -0.39 is 5.82 Å². The summed E-state index contributed by atoms with van der Waals surface area (Å²) in [6.45, 7) is 2.99. The molecule has 1 aromatic carbocycles. The van der Waals surface area contributed by atoms with Crippen LogP contribution in [0.5, 0.6) is 0 Å². The Balaban J connectivity index is 1.25. The summed E-state index contributed by atoms with van der Waals surface area (Å²) in [5, 5.41) is 7.20. The van der Waals surface area contributed by atoms with Crippen LogP contribution in [-0.2, 0) is 24.8 Å². The second kappa shape index (κ2) is 8.20. The molecule has 9 heteroatoms. The fourth-order valence-electron chi connectivity index (χ4n) is 4.99. The molecular formula is C23H28FN5O3. The number of para-hydroxylation sites is 1. The molecule has 1 N–H and O–H groups in total. The fourth-order valence-corrected chi connectivity index (χ4v) is 4.99. The first-order valence-electron chi connectivity index (χ1n) is 11.2. The van der Waals surface area contributed by atoms with Crippen molar-refractivity contribution in [2.24, 2.45) is 7.05 Å². The first-order chi connectivity index (χ1) is 15.5. The maximum atomic E-state index is 13.9. The number of hydrogen-bond acceptors (Lipinski definition) is 4. The van der Waals surface area contributed by atoms with E-state index >= 15 is 0 Å². The smallest absolute Gasteiger partial charge is 0.321 e. The number of urea groups is 1. The zero-order valence-corrected chi connectivity index (χ0v) is 18.3. The van der Waals surface area contributed by atoms with E-state index in [1.54, 1.807) is 23.1 Å². The van der Waals surface area contributed by atoms with Gasteiger partial charge in [-0.25, -0.2) is 9.18 Å². The number of nitrogens with zero attached hydrogens (tertiary/aromatic N) is 4. The first kappa shape index (κ1) is 20.9. The van der Waals surface area contributed by atoms with Crippen LogP contribution in [0.2, 0.25) is 0 Å². The van der Waals surface area contributed by atoms with Gasteiger partial charge in [-0.2, -0.15) is 5.10 Å². The highest BCUT2D eigenvalue weighted by molar-refractivity contribution is 5.94. The van der Waals surface area contributed by atoms with E-state index in [0.29, 0.717) is 44.7 Å². The van der Waals surface area contributed by atoms with Crippen molar-refractivity contribution in [2.75, 3.05) is 31.5 Å². The molecule has 3 aliphatic rings. The lowest BCUT2D eigenvalue weighted by molar-refractivity contribution is -0.0978. The monoisotopic (exact) mass is 441 g/mol. The van der Waals surface area contributed by atoms with Crippen LogP contribution in [0.3, 0.4) is 0 Å². The molecule has 170 valence electrons. The van der Waals surface area contributed by atoms with E-state index in [9.17, 15) is 14.0 Å². The number of nitrogens with one attached hydrogen (secondary N) is 1. The van der Waals surface area contributed by atoms with Gasteiger partial charge < -0.3 is 19.9 Å². The highest BCUT2D eigenvalue weighted by Gasteiger charge is 2.43. The van der Waals surface area contributed by atoms with Gasteiger partial charge in [0.15, 0.2) is 5.69 Å². The number of fused-ring (bicyclic) bond motifs is 1. The molecule has 0 unspecified atom stereocenters. The molecule has 3 aliphatic heterocycles. The lowest BCUT2D eigenvalue weighted by Crippen LogP contribution is -2.51. The summed E-state index contributed by atoms with van der Waals surface area (Å²) >= 11 is 0. The molecule has 0 saturated carbocycles. The zero-order valence-electron chi connectivity index (χ0n) is 18.3. The minimum absolute atomic E-state index is 0.00136. The first-order valence-corrected chi connectivity index (χ1v) is 11.2. The molecule has 5 rings (SSSR count). The van der Waals surface area contributed by atoms with Crippen LogP contribution in [0.4, 0.5) is 14.9 Å². The van der Waals surface area contributed by atoms with Gasteiger partial charge in [0.25, 0.3) is 5.91 Å². The van der Waals surface area contributed by atoms with E-state index in [4.69, 9.17) is 4.74 Å². The van der Waals surface area contributed by atoms with Crippen molar-refractivity contribution in [3.63, 3.8) is 0 Å². The minimum Gasteiger partial charge on any atom is -0.370 e. The van der Waals surface area contributed by atoms with Crippen LogP contribution in [0.1, 0.15) is 47.4 Å². The van der Waals surface area contributed by atoms with Crippen molar-refractivity contribution in [1.82, 2.24) is 19.6 Å². The standard InChI is InChI=1S/C23H28FN5O3/c1-27-19-14-23(32-15-16(19)20(26-27)21(30)28-10-4-5-11-28)8-12-29(13-9-23)22(31)25-18-7-3-2-6-17(18)24/h2-3,6-7H,4-5,8-15H2,1H3,(H,25,31). The van der Waals surface area contributed by atoms with Crippen molar-refractivity contribution in [2.45, 2.75) is 44.3 Å². The Morgan fingerprint density at radius 3 is 2.53 bits per heavy atom. The maximum absolute atomic E-state index is 13.9. The second-order valence-corrected chi connectivity index (χ2v) is 8.94. The molecule has 2 fully saturated rings. The average Bonchev–Trinajstić information content (AvgIpc) is 3.44. The van der Waals surface area contributed by atoms with Crippen LogP contribution in [-0.4, -0.2) is 63.3 Å². The van der Waals surface area contributed by atoms with E-state index in [0.717, 1.165) is 37.2 Å². The summed E-state index contributed by atoms with van der Waals surface area (Å²) in [5.41, 5.74) is 2.27. The number of carbonyl (C=O) groups excluding carboxylic acids is 2. The van der Waals surface area contributed by atoms with Gasteiger partial charge in [0.2, 0.25) is 0 Å². The summed E-state index contributed by atoms with van der Waals surface area (Å²) in [6, 6.07) is 5.85. The molecule has 0 aliphatic carbocycles. The lowest BCUT2D eigenvalue weighted by atomic mass is 9.83. The number of halogens is 1. The summed E-state index contributed by atoms with van der Waals surface area (Å²) < 4.78 is 22.0. The number of aryl methyl sites for hydroxylation is 1. The Morgan fingerprint density at radius 2 is 1.81 bits per heavy atom. The Bertz CT molecular complexity index is 1040. The fraction of sp³-hybridized carbons (Fsp3) is 0.522. The summed E-state index contributed by atoms with van der Waals surface area (Å²) in [4.78, 5) is 29.1. The Labute approximate surface area is 186 Å². The van der Waals surface area contributed by atoms with E-state index in [2.05, 4.69) is 10.4 Å². The quantitative estimate of drug-likeness (QED) is 0.777. The summed E-state index contributed by atoms with van der Waals surface area (Å²) in [5.74, 6) is -0.452. The predicted molar refractivity (Wildman–Crippen MR) is 116 cm³/mol. The van der Waals surface area contributed by atoms with Gasteiger partial charge in [-0.05, 0) is 37.8 Å². The third kappa shape index (κ3) is 3.74. The largest absolute Gasteiger partial charge is 0.370 e. The molecule has 32 heavy (non-hydrogen) atoms. The number of amides is 3. The van der Waals surface area contributed by atoms with Gasteiger partial charge in [0, 0.05) is 50.9 Å². The normalized spacial score (nSPS) is 19.8. The molecule has 2 aromatic rings. The van der Waals surface area contributed by atoms with Gasteiger partial charge in [0.1, 0.15) is 5.82 Å². The van der Waals surface area contributed by atoms with Crippen LogP contribution in [0, 0.1) is 5.82 Å². The number of carbonyl (C=O) groups is 2. The summed E-state index contributed by atoms with van der Waals surface area (Å²) in [7, 11) is 1.88. The highest BCUT2D eigenvalue weighted by atomic mass is 19.1. The maximum Gasteiger partial charge on any atom is 0.321 e. The SMILES string of the molecule is Cn1nc(C(=O)N2CCCC2)c2c1CC1(CCN(C(=O)Nc3ccccc3F)CC1)OC2. The Hall–Kier alpha value is -2.94. The molecule has 3 amide bonds. The van der Waals surface area contributed by atoms with Gasteiger partial charge in [-0.15, -0.1) is 0 Å². The number of likely N-dealkylation sites (tertiary alicyclic amines) is 2. The Morgan fingerprint density at radius 1 is 1.09 bits per heavy atom. The van der Waals surface area contributed by atoms with Crippen LogP contribution >= 0.6 is 0 Å². The van der Waals surface area contributed by atoms with Gasteiger partial charge >= 0.3 is 6.03 Å². The zero-order chi connectivity index (χ0) is 22.3. The number of aromatic nitrogens is 2. The molecule has 0 bridgehead atoms. The Kier molecular flexibility index (Phi) is 5.36. The summed E-state index contributed by atoms with van der Waals surface area (Å²) in [6.07, 6.45) is 4.11. The number of benzene rings is 1. The van der Waals surface area contributed by atoms with Gasteiger partial charge in [0.05, 0.1) is 17.9 Å². The number of piperidine rings is 1. The average molecular weight is 442 g/mol. The van der Waals surface area contributed by atoms with Crippen molar-refractivity contribution in [1.29, 1.82) is 0 Å². The van der Waals surface area contributed by atoms with Gasteiger partial charge in [-0.3, -0.25) is 9.48 Å². The number of rotatable bonds is 2. The van der Waals surface area contributed by atoms with Crippen LogP contribution in [0.15, 0.2) is 24.3 Å². The predicted octanol–water partition coefficient (Wildman–Crippen LogP) is 2.93. The van der Waals surface area contributed by atoms with E-state index in [-0.39, 0.29) is 23.2 Å². The van der Waals surface area contributed by atoms with Crippen molar-refractivity contribution < 1.29 is 18.7 Å². The molecule has 8 nitrogen and oxygen atoms in total. The molecule has 4 heterocycles. The third-order valence-electron chi connectivity index (χ3n) is 6.96. The molecule has 0 atom stereocenters. The van der Waals surface area contributed by atoms with Gasteiger partial charge in [-0.1, -0.05) is 12.1 Å².